The maximum Gasteiger partial charge on any atom is 0.244 e. The minimum absolute atomic E-state index is 0.0638. The number of carbonyl (C=O) groups excluding carboxylic acids is 1. The highest BCUT2D eigenvalue weighted by atomic mass is 19.1. The number of carbonyl (C=O) groups is 1. The second kappa shape index (κ2) is 6.02. The van der Waals surface area contributed by atoms with Crippen LogP contribution in [0.1, 0.15) is 32.3 Å². The van der Waals surface area contributed by atoms with Crippen molar-refractivity contribution in [2.45, 2.75) is 38.8 Å². The first-order valence-corrected chi connectivity index (χ1v) is 6.80. The zero-order chi connectivity index (χ0) is 14.7. The largest absolute Gasteiger partial charge is 0.310 e. The van der Waals surface area contributed by atoms with Crippen molar-refractivity contribution in [2.24, 2.45) is 0 Å². The van der Waals surface area contributed by atoms with Gasteiger partial charge >= 0.3 is 0 Å². The molecule has 1 saturated heterocycles. The Morgan fingerprint density at radius 3 is 2.90 bits per heavy atom. The molecule has 4 nitrogen and oxygen atoms in total. The Morgan fingerprint density at radius 1 is 1.50 bits per heavy atom. The first kappa shape index (κ1) is 14.5. The Hall–Kier alpha value is -1.93. The van der Waals surface area contributed by atoms with Crippen LogP contribution in [0.5, 0.6) is 0 Å². The minimum atomic E-state index is -0.586. The van der Waals surface area contributed by atoms with Crippen LogP contribution < -0.4 is 10.2 Å². The fraction of sp³-hybridized carbons (Fsp3) is 0.467. The molecule has 106 valence electrons. The molecule has 1 unspecified atom stereocenters. The quantitative estimate of drug-likeness (QED) is 0.920. The summed E-state index contributed by atoms with van der Waals surface area (Å²) < 4.78 is 13.7. The van der Waals surface area contributed by atoms with Crippen molar-refractivity contribution in [1.82, 2.24) is 5.32 Å². The number of piperidine rings is 1. The number of hydrogen-bond donors (Lipinski definition) is 1. The van der Waals surface area contributed by atoms with Crippen LogP contribution in [0.4, 0.5) is 10.1 Å². The van der Waals surface area contributed by atoms with Crippen molar-refractivity contribution in [1.29, 1.82) is 5.26 Å². The van der Waals surface area contributed by atoms with Gasteiger partial charge in [-0.2, -0.15) is 5.26 Å². The first-order chi connectivity index (χ1) is 9.54. The van der Waals surface area contributed by atoms with E-state index < -0.39 is 5.82 Å². The highest BCUT2D eigenvalue weighted by Gasteiger charge is 2.31. The highest BCUT2D eigenvalue weighted by Crippen LogP contribution is 2.26. The monoisotopic (exact) mass is 275 g/mol. The van der Waals surface area contributed by atoms with Gasteiger partial charge < -0.3 is 10.2 Å². The van der Waals surface area contributed by atoms with Gasteiger partial charge in [-0.25, -0.2) is 4.39 Å². The summed E-state index contributed by atoms with van der Waals surface area (Å²) in [5.41, 5.74) is 0.304. The lowest BCUT2D eigenvalue weighted by molar-refractivity contribution is -0.121. The maximum absolute atomic E-state index is 13.7. The molecule has 5 heteroatoms. The smallest absolute Gasteiger partial charge is 0.244 e. The normalized spacial score (nSPS) is 19.2. The average molecular weight is 275 g/mol. The van der Waals surface area contributed by atoms with Crippen LogP contribution in [0.25, 0.3) is 0 Å². The second-order valence-corrected chi connectivity index (χ2v) is 5.25. The molecule has 2 rings (SSSR count). The fourth-order valence-electron chi connectivity index (χ4n) is 2.52. The van der Waals surface area contributed by atoms with Gasteiger partial charge in [-0.05, 0) is 25.0 Å². The number of rotatable bonds is 3. The summed E-state index contributed by atoms with van der Waals surface area (Å²) in [7, 11) is 0. The molecular formula is C15H18FN3O. The number of anilines is 1. The van der Waals surface area contributed by atoms with E-state index in [1.54, 1.807) is 6.07 Å². The molecule has 0 spiro atoms. The van der Waals surface area contributed by atoms with Crippen LogP contribution in [0.2, 0.25) is 0 Å². The van der Waals surface area contributed by atoms with Crippen LogP contribution in [0.3, 0.4) is 0 Å². The lowest BCUT2D eigenvalue weighted by atomic mass is 10.0. The molecule has 1 heterocycles. The summed E-state index contributed by atoms with van der Waals surface area (Å²) in [6.07, 6.45) is 1.60. The van der Waals surface area contributed by atoms with Crippen LogP contribution in [0, 0.1) is 17.1 Å². The zero-order valence-corrected chi connectivity index (χ0v) is 11.7. The van der Waals surface area contributed by atoms with Gasteiger partial charge in [0.05, 0.1) is 11.7 Å². The highest BCUT2D eigenvalue weighted by molar-refractivity contribution is 5.99. The first-order valence-electron chi connectivity index (χ1n) is 6.80. The molecule has 1 N–H and O–H groups in total. The van der Waals surface area contributed by atoms with Gasteiger partial charge in [0.1, 0.15) is 17.4 Å². The topological polar surface area (TPSA) is 56.1 Å². The van der Waals surface area contributed by atoms with Crippen LogP contribution in [0.15, 0.2) is 18.2 Å². The van der Waals surface area contributed by atoms with Crippen molar-refractivity contribution in [3.05, 3.63) is 29.6 Å². The molecule has 0 bridgehead atoms. The molecule has 0 saturated carbocycles. The van der Waals surface area contributed by atoms with E-state index in [-0.39, 0.29) is 23.6 Å². The molecule has 1 fully saturated rings. The average Bonchev–Trinajstić information content (AvgIpc) is 2.40. The van der Waals surface area contributed by atoms with Crippen LogP contribution in [-0.4, -0.2) is 24.5 Å². The van der Waals surface area contributed by atoms with E-state index in [0.717, 1.165) is 12.8 Å². The van der Waals surface area contributed by atoms with Crippen molar-refractivity contribution < 1.29 is 9.18 Å². The van der Waals surface area contributed by atoms with E-state index in [9.17, 15) is 9.18 Å². The van der Waals surface area contributed by atoms with Gasteiger partial charge in [0.15, 0.2) is 0 Å². The van der Waals surface area contributed by atoms with E-state index >= 15 is 0 Å². The second-order valence-electron chi connectivity index (χ2n) is 5.25. The van der Waals surface area contributed by atoms with Gasteiger partial charge in [-0.3, -0.25) is 4.79 Å². The third-order valence-corrected chi connectivity index (χ3v) is 3.37. The van der Waals surface area contributed by atoms with Gasteiger partial charge in [-0.15, -0.1) is 0 Å². The van der Waals surface area contributed by atoms with Gasteiger partial charge in [0.2, 0.25) is 5.91 Å². The Morgan fingerprint density at radius 2 is 2.25 bits per heavy atom. The van der Waals surface area contributed by atoms with E-state index in [2.05, 4.69) is 5.32 Å². The van der Waals surface area contributed by atoms with Crippen LogP contribution in [-0.2, 0) is 4.79 Å². The van der Waals surface area contributed by atoms with Gasteiger partial charge in [0.25, 0.3) is 0 Å². The van der Waals surface area contributed by atoms with E-state index in [1.807, 2.05) is 19.9 Å². The number of halogens is 1. The molecule has 1 aliphatic heterocycles. The molecule has 1 amide bonds. The SMILES string of the molecule is CC(C)NC1CCCN(c2cccc(F)c2C#N)C1=O. The summed E-state index contributed by atoms with van der Waals surface area (Å²) >= 11 is 0. The Bertz CT molecular complexity index is 551. The van der Waals surface area contributed by atoms with E-state index in [1.165, 1.54) is 17.0 Å². The molecule has 0 radical (unpaired) electrons. The van der Waals surface area contributed by atoms with E-state index in [0.29, 0.717) is 12.2 Å². The van der Waals surface area contributed by atoms with Crippen molar-refractivity contribution in [2.75, 3.05) is 11.4 Å². The van der Waals surface area contributed by atoms with Gasteiger partial charge in [0, 0.05) is 12.6 Å². The predicted molar refractivity (Wildman–Crippen MR) is 74.8 cm³/mol. The lowest BCUT2D eigenvalue weighted by Gasteiger charge is -2.34. The molecule has 1 aromatic carbocycles. The summed E-state index contributed by atoms with van der Waals surface area (Å²) in [6, 6.07) is 6.17. The molecular weight excluding hydrogens is 257 g/mol. The zero-order valence-electron chi connectivity index (χ0n) is 11.7. The van der Waals surface area contributed by atoms with Crippen molar-refractivity contribution in [3.8, 4) is 6.07 Å². The minimum Gasteiger partial charge on any atom is -0.310 e. The molecule has 1 aliphatic rings. The number of amides is 1. The Kier molecular flexibility index (Phi) is 4.35. The summed E-state index contributed by atoms with van der Waals surface area (Å²) in [6.45, 7) is 4.48. The van der Waals surface area contributed by atoms with Crippen LogP contribution >= 0.6 is 0 Å². The standard InChI is InChI=1S/C15H18FN3O/c1-10(2)18-13-6-4-8-19(15(13)20)14-7-3-5-12(16)11(14)9-17/h3,5,7,10,13,18H,4,6,8H2,1-2H3. The molecule has 20 heavy (non-hydrogen) atoms. The number of nitrogens with zero attached hydrogens (tertiary/aromatic N) is 2. The summed E-state index contributed by atoms with van der Waals surface area (Å²) in [5, 5.41) is 12.3. The number of nitrogens with one attached hydrogen (secondary N) is 1. The maximum atomic E-state index is 13.7. The predicted octanol–water partition coefficient (Wildman–Crippen LogP) is 2.19. The molecule has 0 aromatic heterocycles. The number of hydrogen-bond acceptors (Lipinski definition) is 3. The number of nitriles is 1. The molecule has 1 atom stereocenters. The fourth-order valence-corrected chi connectivity index (χ4v) is 2.52. The molecule has 1 aromatic rings. The Labute approximate surface area is 118 Å². The van der Waals surface area contributed by atoms with Gasteiger partial charge in [-0.1, -0.05) is 19.9 Å². The summed E-state index contributed by atoms with van der Waals surface area (Å²) in [5.74, 6) is -0.677. The third-order valence-electron chi connectivity index (χ3n) is 3.37. The summed E-state index contributed by atoms with van der Waals surface area (Å²) in [4.78, 5) is 14.0. The third kappa shape index (κ3) is 2.81. The van der Waals surface area contributed by atoms with Crippen molar-refractivity contribution in [3.63, 3.8) is 0 Å². The number of benzene rings is 1. The Balaban J connectivity index is 2.31. The molecule has 0 aliphatic carbocycles. The van der Waals surface area contributed by atoms with Crippen molar-refractivity contribution >= 4 is 11.6 Å². The van der Waals surface area contributed by atoms with E-state index in [4.69, 9.17) is 5.26 Å². The lowest BCUT2D eigenvalue weighted by Crippen LogP contribution is -2.52.